The second-order valence-corrected chi connectivity index (χ2v) is 11.4. The molecule has 15 nitrogen and oxygen atoms in total. The van der Waals surface area contributed by atoms with E-state index in [4.69, 9.17) is 14.2 Å². The standard InChI is InChI=1S/C35H28N4O11/c40-32-28(37-29(24-7-3-1-4-8-24)31(50-35(37)43)25-9-5-2-6-10-25)19-36(32)30(33(41)48-20-22-11-15-26(16-12-22)38(44)45)34(42)49-21-23-13-17-27(18-14-23)39(46)47/h1-18,28-31H,19-21H2. The second-order valence-electron chi connectivity index (χ2n) is 11.4. The predicted octanol–water partition coefficient (Wildman–Crippen LogP) is 4.80. The molecule has 2 saturated heterocycles. The van der Waals surface area contributed by atoms with Crippen molar-refractivity contribution in [3.05, 3.63) is 152 Å². The van der Waals surface area contributed by atoms with Crippen LogP contribution < -0.4 is 0 Å². The SMILES string of the molecule is O=C(OCc1ccc([N+](=O)[O-])cc1)C(C(=O)OCc1ccc([N+](=O)[O-])cc1)N1CC(N2C(=O)OC(c3ccccc3)C2c2ccccc2)C1=O. The highest BCUT2D eigenvalue weighted by Crippen LogP contribution is 2.45. The number of amides is 2. The predicted molar refractivity (Wildman–Crippen MR) is 172 cm³/mol. The summed E-state index contributed by atoms with van der Waals surface area (Å²) in [5.41, 5.74) is 1.84. The highest BCUT2D eigenvalue weighted by Gasteiger charge is 2.57. The topological polar surface area (TPSA) is 189 Å². The van der Waals surface area contributed by atoms with Crippen LogP contribution in [-0.2, 0) is 41.8 Å². The fraction of sp³-hybridized carbons (Fsp3) is 0.200. The van der Waals surface area contributed by atoms with Crippen LogP contribution in [0.4, 0.5) is 16.2 Å². The number of nitrogens with zero attached hydrogens (tertiary/aromatic N) is 4. The summed E-state index contributed by atoms with van der Waals surface area (Å²) in [6.07, 6.45) is -1.49. The summed E-state index contributed by atoms with van der Waals surface area (Å²) >= 11 is 0. The Balaban J connectivity index is 1.22. The molecule has 6 rings (SSSR count). The fourth-order valence-corrected chi connectivity index (χ4v) is 5.81. The number of ether oxygens (including phenoxy) is 3. The number of carbonyl (C=O) groups is 4. The van der Waals surface area contributed by atoms with Crippen molar-refractivity contribution in [2.24, 2.45) is 0 Å². The lowest BCUT2D eigenvalue weighted by Crippen LogP contribution is -2.69. The van der Waals surface area contributed by atoms with Crippen LogP contribution in [0, 0.1) is 20.2 Å². The van der Waals surface area contributed by atoms with Gasteiger partial charge < -0.3 is 19.1 Å². The first-order valence-corrected chi connectivity index (χ1v) is 15.3. The Hall–Kier alpha value is -6.64. The molecule has 254 valence electrons. The zero-order valence-electron chi connectivity index (χ0n) is 26.1. The van der Waals surface area contributed by atoms with Crippen LogP contribution in [0.15, 0.2) is 109 Å². The number of non-ortho nitro benzene ring substituents is 2. The molecule has 3 unspecified atom stereocenters. The minimum absolute atomic E-state index is 0.172. The molecule has 0 bridgehead atoms. The number of benzene rings is 4. The van der Waals surface area contributed by atoms with Gasteiger partial charge in [0.05, 0.1) is 16.4 Å². The van der Waals surface area contributed by atoms with E-state index in [0.717, 1.165) is 4.90 Å². The minimum Gasteiger partial charge on any atom is -0.459 e. The molecule has 2 heterocycles. The van der Waals surface area contributed by atoms with Crippen LogP contribution in [-0.4, -0.2) is 62.2 Å². The maximum Gasteiger partial charge on any atom is 0.411 e. The Morgan fingerprint density at radius 1 is 0.720 bits per heavy atom. The minimum atomic E-state index is -1.87. The summed E-state index contributed by atoms with van der Waals surface area (Å²) < 4.78 is 16.5. The van der Waals surface area contributed by atoms with Gasteiger partial charge >= 0.3 is 18.0 Å². The Labute approximate surface area is 283 Å². The maximum atomic E-state index is 13.8. The summed E-state index contributed by atoms with van der Waals surface area (Å²) in [6, 6.07) is 24.8. The van der Waals surface area contributed by atoms with E-state index in [9.17, 15) is 39.4 Å². The van der Waals surface area contributed by atoms with Crippen LogP contribution in [0.2, 0.25) is 0 Å². The molecule has 2 amide bonds. The van der Waals surface area contributed by atoms with E-state index in [1.807, 2.05) is 36.4 Å². The Morgan fingerprint density at radius 3 is 1.62 bits per heavy atom. The van der Waals surface area contributed by atoms with Crippen LogP contribution >= 0.6 is 0 Å². The number of esters is 2. The molecule has 0 radical (unpaired) electrons. The number of hydrogen-bond acceptors (Lipinski definition) is 11. The summed E-state index contributed by atoms with van der Waals surface area (Å²) in [5.74, 6) is -2.98. The number of rotatable bonds is 12. The first-order chi connectivity index (χ1) is 24.1. The first kappa shape index (κ1) is 33.3. The molecule has 0 aromatic heterocycles. The van der Waals surface area contributed by atoms with Crippen molar-refractivity contribution in [2.45, 2.75) is 37.4 Å². The van der Waals surface area contributed by atoms with E-state index in [0.29, 0.717) is 22.3 Å². The van der Waals surface area contributed by atoms with Crippen molar-refractivity contribution in [1.29, 1.82) is 0 Å². The average molecular weight is 681 g/mol. The summed E-state index contributed by atoms with van der Waals surface area (Å²) in [4.78, 5) is 77.2. The van der Waals surface area contributed by atoms with E-state index in [-0.39, 0.29) is 31.1 Å². The maximum absolute atomic E-state index is 13.8. The van der Waals surface area contributed by atoms with E-state index in [2.05, 4.69) is 0 Å². The molecule has 3 atom stereocenters. The van der Waals surface area contributed by atoms with E-state index in [1.165, 1.54) is 53.4 Å². The molecule has 2 aliphatic heterocycles. The molecule has 4 aromatic rings. The first-order valence-electron chi connectivity index (χ1n) is 15.3. The van der Waals surface area contributed by atoms with E-state index >= 15 is 0 Å². The number of nitro groups is 2. The molecule has 0 saturated carbocycles. The Kier molecular flexibility index (Phi) is 9.47. The zero-order chi connectivity index (χ0) is 35.4. The van der Waals surface area contributed by atoms with Gasteiger partial charge in [0.2, 0.25) is 11.9 Å². The van der Waals surface area contributed by atoms with Crippen molar-refractivity contribution in [3.63, 3.8) is 0 Å². The molecule has 0 spiro atoms. The Morgan fingerprint density at radius 2 is 1.18 bits per heavy atom. The second kappa shape index (κ2) is 14.2. The van der Waals surface area contributed by atoms with Crippen molar-refractivity contribution >= 4 is 35.3 Å². The molecule has 2 aliphatic rings. The number of cyclic esters (lactones) is 1. The Bertz CT molecular complexity index is 1850. The van der Waals surface area contributed by atoms with Gasteiger partial charge in [0.25, 0.3) is 11.4 Å². The summed E-state index contributed by atoms with van der Waals surface area (Å²) in [7, 11) is 0. The van der Waals surface area contributed by atoms with Gasteiger partial charge in [0.1, 0.15) is 25.3 Å². The molecule has 15 heteroatoms. The van der Waals surface area contributed by atoms with Gasteiger partial charge in [-0.15, -0.1) is 0 Å². The van der Waals surface area contributed by atoms with Gasteiger partial charge in [-0.2, -0.15) is 0 Å². The van der Waals surface area contributed by atoms with Crippen molar-refractivity contribution < 1.29 is 43.2 Å². The van der Waals surface area contributed by atoms with E-state index in [1.54, 1.807) is 24.3 Å². The molecule has 4 aromatic carbocycles. The monoisotopic (exact) mass is 680 g/mol. The molecule has 0 N–H and O–H groups in total. The smallest absolute Gasteiger partial charge is 0.411 e. The van der Waals surface area contributed by atoms with Gasteiger partial charge in [0.15, 0.2) is 6.10 Å². The van der Waals surface area contributed by atoms with Gasteiger partial charge in [-0.3, -0.25) is 29.9 Å². The molecular weight excluding hydrogens is 652 g/mol. The normalized spacial score (nSPS) is 18.3. The quantitative estimate of drug-likeness (QED) is 0.0499. The van der Waals surface area contributed by atoms with Crippen LogP contribution in [0.3, 0.4) is 0 Å². The highest BCUT2D eigenvalue weighted by atomic mass is 16.6. The number of nitro benzene ring substituents is 2. The molecule has 2 fully saturated rings. The largest absolute Gasteiger partial charge is 0.459 e. The highest BCUT2D eigenvalue weighted by molar-refractivity contribution is 6.05. The van der Waals surface area contributed by atoms with Gasteiger partial charge in [-0.05, 0) is 46.5 Å². The third-order valence-electron chi connectivity index (χ3n) is 8.38. The van der Waals surface area contributed by atoms with Gasteiger partial charge in [0, 0.05) is 24.3 Å². The van der Waals surface area contributed by atoms with Crippen LogP contribution in [0.5, 0.6) is 0 Å². The van der Waals surface area contributed by atoms with Crippen molar-refractivity contribution in [1.82, 2.24) is 9.80 Å². The third-order valence-corrected chi connectivity index (χ3v) is 8.38. The number of hydrogen-bond donors (Lipinski definition) is 0. The van der Waals surface area contributed by atoms with Crippen molar-refractivity contribution in [3.8, 4) is 0 Å². The summed E-state index contributed by atoms with van der Waals surface area (Å²) in [5, 5.41) is 22.0. The third kappa shape index (κ3) is 6.82. The van der Waals surface area contributed by atoms with E-state index < -0.39 is 58.0 Å². The lowest BCUT2D eigenvalue weighted by Gasteiger charge is -2.45. The number of likely N-dealkylation sites (tertiary alicyclic amines) is 1. The average Bonchev–Trinajstić information content (AvgIpc) is 3.47. The van der Waals surface area contributed by atoms with Gasteiger partial charge in [-0.1, -0.05) is 60.7 Å². The van der Waals surface area contributed by atoms with Crippen LogP contribution in [0.25, 0.3) is 0 Å². The number of carbonyl (C=O) groups excluding carboxylic acids is 4. The van der Waals surface area contributed by atoms with Crippen molar-refractivity contribution in [2.75, 3.05) is 6.54 Å². The lowest BCUT2D eigenvalue weighted by molar-refractivity contribution is -0.385. The molecule has 0 aliphatic carbocycles. The van der Waals surface area contributed by atoms with Gasteiger partial charge in [-0.25, -0.2) is 14.4 Å². The fourth-order valence-electron chi connectivity index (χ4n) is 5.81. The zero-order valence-corrected chi connectivity index (χ0v) is 26.1. The lowest BCUT2D eigenvalue weighted by atomic mass is 9.92. The van der Waals surface area contributed by atoms with Crippen LogP contribution in [0.1, 0.15) is 34.4 Å². The number of β-lactam (4-membered cyclic amide) rings is 1. The molecular formula is C35H28N4O11. The summed E-state index contributed by atoms with van der Waals surface area (Å²) in [6.45, 7) is -0.980. The molecule has 50 heavy (non-hydrogen) atoms.